The van der Waals surface area contributed by atoms with Crippen molar-refractivity contribution in [3.63, 3.8) is 0 Å². The molecule has 0 aliphatic heterocycles. The van der Waals surface area contributed by atoms with Crippen molar-refractivity contribution < 1.29 is 9.21 Å². The molecule has 0 fully saturated rings. The molecule has 2 aromatic heterocycles. The van der Waals surface area contributed by atoms with Gasteiger partial charge < -0.3 is 8.98 Å². The Hall–Kier alpha value is -2.30. The van der Waals surface area contributed by atoms with Gasteiger partial charge in [-0.1, -0.05) is 0 Å². The summed E-state index contributed by atoms with van der Waals surface area (Å²) in [5.74, 6) is 0.898. The fourth-order valence-corrected chi connectivity index (χ4v) is 1.18. The molecular weight excluding hydrogens is 206 g/mol. The van der Waals surface area contributed by atoms with Crippen molar-refractivity contribution >= 4 is 17.9 Å². The monoisotopic (exact) mass is 217 g/mol. The number of imidazole rings is 1. The minimum atomic E-state index is -0.245. The smallest absolute Gasteiger partial charge is 0.250 e. The molecule has 82 valence electrons. The lowest BCUT2D eigenvalue weighted by Crippen LogP contribution is -2.11. The summed E-state index contributed by atoms with van der Waals surface area (Å²) in [6.07, 6.45) is 7.92. The molecule has 0 unspecified atom stereocenters. The van der Waals surface area contributed by atoms with E-state index in [4.69, 9.17) is 4.42 Å². The van der Waals surface area contributed by atoms with Gasteiger partial charge in [-0.3, -0.25) is 10.1 Å². The first-order chi connectivity index (χ1) is 7.75. The Labute approximate surface area is 92.4 Å². The number of nitrogens with zero attached hydrogens (tertiary/aromatic N) is 2. The minimum absolute atomic E-state index is 0.245. The van der Waals surface area contributed by atoms with Crippen LogP contribution >= 0.6 is 0 Å². The number of aryl methyl sites for hydroxylation is 1. The second-order valence-corrected chi connectivity index (χ2v) is 3.20. The van der Waals surface area contributed by atoms with E-state index in [-0.39, 0.29) is 5.91 Å². The zero-order valence-electron chi connectivity index (χ0n) is 8.75. The standard InChI is InChI=1S/C11H11N3O2/c1-14-7-6-12-11(14)13-10(15)5-4-9-3-2-8-16-9/h2-8H,1H3,(H,12,13,15)/b5-4+. The summed E-state index contributed by atoms with van der Waals surface area (Å²) in [4.78, 5) is 15.4. The molecule has 0 bridgehead atoms. The molecule has 0 spiro atoms. The normalized spacial score (nSPS) is 10.8. The molecule has 1 N–H and O–H groups in total. The maximum atomic E-state index is 11.5. The van der Waals surface area contributed by atoms with Crippen molar-refractivity contribution in [3.8, 4) is 0 Å². The molecule has 5 nitrogen and oxygen atoms in total. The van der Waals surface area contributed by atoms with E-state index < -0.39 is 0 Å². The number of aromatic nitrogens is 2. The Kier molecular flexibility index (Phi) is 2.86. The molecule has 0 aliphatic carbocycles. The lowest BCUT2D eigenvalue weighted by atomic mass is 10.4. The van der Waals surface area contributed by atoms with Crippen LogP contribution in [0.2, 0.25) is 0 Å². The van der Waals surface area contributed by atoms with Gasteiger partial charge in [0.1, 0.15) is 5.76 Å². The summed E-state index contributed by atoms with van der Waals surface area (Å²) in [7, 11) is 1.80. The first-order valence-corrected chi connectivity index (χ1v) is 4.75. The molecule has 16 heavy (non-hydrogen) atoms. The van der Waals surface area contributed by atoms with Gasteiger partial charge in [-0.2, -0.15) is 0 Å². The quantitative estimate of drug-likeness (QED) is 0.795. The van der Waals surface area contributed by atoms with E-state index in [0.29, 0.717) is 11.7 Å². The summed E-state index contributed by atoms with van der Waals surface area (Å²) < 4.78 is 6.78. The Bertz CT molecular complexity index is 497. The summed E-state index contributed by atoms with van der Waals surface area (Å²) in [5, 5.41) is 2.64. The molecule has 0 aromatic carbocycles. The highest BCUT2D eigenvalue weighted by Crippen LogP contribution is 2.04. The van der Waals surface area contributed by atoms with E-state index in [1.807, 2.05) is 0 Å². The van der Waals surface area contributed by atoms with Gasteiger partial charge in [0.05, 0.1) is 6.26 Å². The molecule has 2 aromatic rings. The maximum Gasteiger partial charge on any atom is 0.250 e. The Morgan fingerprint density at radius 2 is 2.50 bits per heavy atom. The molecule has 0 saturated carbocycles. The molecule has 0 atom stereocenters. The van der Waals surface area contributed by atoms with Crippen molar-refractivity contribution in [1.82, 2.24) is 9.55 Å². The van der Waals surface area contributed by atoms with Crippen LogP contribution in [0.3, 0.4) is 0 Å². The van der Waals surface area contributed by atoms with Crippen LogP contribution in [0.25, 0.3) is 6.08 Å². The Morgan fingerprint density at radius 1 is 1.62 bits per heavy atom. The molecule has 0 aliphatic rings. The number of carbonyl (C=O) groups is 1. The van der Waals surface area contributed by atoms with Crippen molar-refractivity contribution in [1.29, 1.82) is 0 Å². The predicted molar refractivity (Wildman–Crippen MR) is 59.6 cm³/mol. The highest BCUT2D eigenvalue weighted by molar-refractivity contribution is 6.00. The largest absolute Gasteiger partial charge is 0.465 e. The summed E-state index contributed by atoms with van der Waals surface area (Å²) >= 11 is 0. The highest BCUT2D eigenvalue weighted by Gasteiger charge is 2.01. The van der Waals surface area contributed by atoms with Crippen LogP contribution in [0.15, 0.2) is 41.3 Å². The van der Waals surface area contributed by atoms with Crippen molar-refractivity contribution in [2.24, 2.45) is 7.05 Å². The van der Waals surface area contributed by atoms with Crippen molar-refractivity contribution in [3.05, 3.63) is 42.6 Å². The molecule has 1 amide bonds. The van der Waals surface area contributed by atoms with Crippen LogP contribution < -0.4 is 5.32 Å². The second kappa shape index (κ2) is 4.48. The van der Waals surface area contributed by atoms with E-state index in [2.05, 4.69) is 10.3 Å². The Balaban J connectivity index is 1.97. The van der Waals surface area contributed by atoms with Gasteiger partial charge in [0.15, 0.2) is 0 Å². The topological polar surface area (TPSA) is 60.1 Å². The van der Waals surface area contributed by atoms with Gasteiger partial charge in [-0.15, -0.1) is 0 Å². The van der Waals surface area contributed by atoms with Crippen LogP contribution in [0.5, 0.6) is 0 Å². The zero-order valence-corrected chi connectivity index (χ0v) is 8.75. The van der Waals surface area contributed by atoms with Crippen molar-refractivity contribution in [2.75, 3.05) is 5.32 Å². The zero-order chi connectivity index (χ0) is 11.4. The molecule has 2 rings (SSSR count). The lowest BCUT2D eigenvalue weighted by Gasteiger charge is -2.00. The van der Waals surface area contributed by atoms with Gasteiger partial charge in [0.2, 0.25) is 5.95 Å². The van der Waals surface area contributed by atoms with E-state index in [9.17, 15) is 4.79 Å². The second-order valence-electron chi connectivity index (χ2n) is 3.20. The summed E-state index contributed by atoms with van der Waals surface area (Å²) in [6, 6.07) is 3.53. The highest BCUT2D eigenvalue weighted by atomic mass is 16.3. The first-order valence-electron chi connectivity index (χ1n) is 4.75. The maximum absolute atomic E-state index is 11.5. The molecular formula is C11H11N3O2. The third-order valence-corrected chi connectivity index (χ3v) is 2.00. The van der Waals surface area contributed by atoms with Gasteiger partial charge in [-0.25, -0.2) is 4.98 Å². The van der Waals surface area contributed by atoms with Crippen LogP contribution in [0, 0.1) is 0 Å². The number of hydrogen-bond donors (Lipinski definition) is 1. The van der Waals surface area contributed by atoms with E-state index in [1.165, 1.54) is 6.08 Å². The number of hydrogen-bond acceptors (Lipinski definition) is 3. The van der Waals surface area contributed by atoms with Gasteiger partial charge >= 0.3 is 0 Å². The van der Waals surface area contributed by atoms with Crippen molar-refractivity contribution in [2.45, 2.75) is 0 Å². The van der Waals surface area contributed by atoms with Crippen LogP contribution in [0.1, 0.15) is 5.76 Å². The third-order valence-electron chi connectivity index (χ3n) is 2.00. The number of anilines is 1. The molecule has 0 saturated heterocycles. The van der Waals surface area contributed by atoms with Gasteiger partial charge in [0, 0.05) is 25.5 Å². The number of nitrogens with one attached hydrogen (secondary N) is 1. The number of rotatable bonds is 3. The first kappa shape index (κ1) is 10.2. The van der Waals surface area contributed by atoms with Crippen LogP contribution in [-0.2, 0) is 11.8 Å². The van der Waals surface area contributed by atoms with E-state index in [1.54, 1.807) is 48.5 Å². The van der Waals surface area contributed by atoms with Gasteiger partial charge in [0.25, 0.3) is 5.91 Å². The summed E-state index contributed by atoms with van der Waals surface area (Å²) in [6.45, 7) is 0. The molecule has 0 radical (unpaired) electrons. The Morgan fingerprint density at radius 3 is 3.12 bits per heavy atom. The van der Waals surface area contributed by atoms with Crippen LogP contribution in [0.4, 0.5) is 5.95 Å². The number of carbonyl (C=O) groups excluding carboxylic acids is 1. The molecule has 5 heteroatoms. The van der Waals surface area contributed by atoms with Crippen LogP contribution in [-0.4, -0.2) is 15.5 Å². The van der Waals surface area contributed by atoms with E-state index >= 15 is 0 Å². The lowest BCUT2D eigenvalue weighted by molar-refractivity contribution is -0.111. The average molecular weight is 217 g/mol. The SMILES string of the molecule is Cn1ccnc1NC(=O)/C=C/c1ccco1. The van der Waals surface area contributed by atoms with E-state index in [0.717, 1.165) is 0 Å². The number of furan rings is 1. The molecule has 2 heterocycles. The van der Waals surface area contributed by atoms with Gasteiger partial charge in [-0.05, 0) is 18.2 Å². The average Bonchev–Trinajstić information content (AvgIpc) is 2.88. The minimum Gasteiger partial charge on any atom is -0.465 e. The third kappa shape index (κ3) is 2.38. The fourth-order valence-electron chi connectivity index (χ4n) is 1.18. The summed E-state index contributed by atoms with van der Waals surface area (Å²) in [5.41, 5.74) is 0. The fraction of sp³-hybridized carbons (Fsp3) is 0.0909. The number of amides is 1. The predicted octanol–water partition coefficient (Wildman–Crippen LogP) is 1.66.